The molecule has 0 radical (unpaired) electrons. The molecule has 0 aromatic rings. The van der Waals surface area contributed by atoms with Crippen molar-refractivity contribution in [2.45, 2.75) is 94.5 Å². The number of hydrogen-bond donors (Lipinski definition) is 3. The van der Waals surface area contributed by atoms with E-state index in [0.717, 1.165) is 0 Å². The van der Waals surface area contributed by atoms with Gasteiger partial charge in [0.15, 0.2) is 16.6 Å². The van der Waals surface area contributed by atoms with Gasteiger partial charge in [0.1, 0.15) is 19.8 Å². The zero-order valence-electron chi connectivity index (χ0n) is 24.8. The van der Waals surface area contributed by atoms with Gasteiger partial charge in [-0.25, -0.2) is 0 Å². The highest BCUT2D eigenvalue weighted by atomic mass is 79.9. The maximum atomic E-state index is 12.5. The molecule has 0 saturated heterocycles. The zero-order valence-corrected chi connectivity index (χ0v) is 28.4. The average Bonchev–Trinajstić information content (AvgIpc) is 2.77. The van der Waals surface area contributed by atoms with Gasteiger partial charge in [-0.3, -0.25) is 0 Å². The summed E-state index contributed by atoms with van der Waals surface area (Å²) in [5.74, 6) is 4.46. The Labute approximate surface area is 245 Å². The SMILES string of the molecule is CC(C)(C)[Si](C)(C)OCC#CC(F)(F)Br.CC(C)(C)[Si](C)(C)OCC#CC(F)(F)CO.OCC#CC(F)(F)CO. The minimum atomic E-state index is -3.37. The minimum absolute atomic E-state index is 0.00785. The molecule has 0 aromatic carbocycles. The molecule has 0 spiro atoms. The van der Waals surface area contributed by atoms with Crippen LogP contribution in [-0.2, 0) is 8.85 Å². The van der Waals surface area contributed by atoms with Crippen LogP contribution in [0.15, 0.2) is 0 Å². The summed E-state index contributed by atoms with van der Waals surface area (Å²) in [5, 5.41) is 24.2. The van der Waals surface area contributed by atoms with Gasteiger partial charge < -0.3 is 24.2 Å². The molecule has 40 heavy (non-hydrogen) atoms. The number of halogens is 7. The molecule has 0 heterocycles. The summed E-state index contributed by atoms with van der Waals surface area (Å²) in [6.45, 7) is 17.5. The summed E-state index contributed by atoms with van der Waals surface area (Å²) < 4.78 is 84.4. The third-order valence-corrected chi connectivity index (χ3v) is 15.0. The first-order valence-electron chi connectivity index (χ1n) is 12.0. The predicted molar refractivity (Wildman–Crippen MR) is 155 cm³/mol. The van der Waals surface area contributed by atoms with Crippen molar-refractivity contribution >= 4 is 32.6 Å². The second kappa shape index (κ2) is 17.8. The number of alkyl halides is 7. The van der Waals surface area contributed by atoms with Crippen LogP contribution in [0.1, 0.15) is 41.5 Å². The van der Waals surface area contributed by atoms with E-state index in [1.54, 1.807) is 17.8 Å². The smallest absolute Gasteiger partial charge is 0.363 e. The van der Waals surface area contributed by atoms with Gasteiger partial charge in [0.05, 0.1) is 13.2 Å². The third kappa shape index (κ3) is 22.6. The maximum Gasteiger partial charge on any atom is 0.363 e. The molecule has 0 unspecified atom stereocenters. The van der Waals surface area contributed by atoms with E-state index in [9.17, 15) is 26.3 Å². The molecule has 0 aliphatic rings. The third-order valence-electron chi connectivity index (χ3n) is 5.87. The van der Waals surface area contributed by atoms with E-state index in [1.807, 2.05) is 13.1 Å². The van der Waals surface area contributed by atoms with Crippen LogP contribution >= 0.6 is 15.9 Å². The Morgan fingerprint density at radius 3 is 1.15 bits per heavy atom. The van der Waals surface area contributed by atoms with Crippen molar-refractivity contribution in [1.29, 1.82) is 0 Å². The predicted octanol–water partition coefficient (Wildman–Crippen LogP) is 6.25. The summed E-state index contributed by atoms with van der Waals surface area (Å²) >= 11 is 2.15. The lowest BCUT2D eigenvalue weighted by atomic mass is 10.2. The van der Waals surface area contributed by atoms with Crippen LogP contribution in [-0.4, -0.2) is 81.7 Å². The van der Waals surface area contributed by atoms with Gasteiger partial charge in [-0.1, -0.05) is 59.3 Å². The molecule has 3 N–H and O–H groups in total. The van der Waals surface area contributed by atoms with Gasteiger partial charge in [-0.15, -0.1) is 0 Å². The van der Waals surface area contributed by atoms with Crippen molar-refractivity contribution in [1.82, 2.24) is 0 Å². The highest BCUT2D eigenvalue weighted by Gasteiger charge is 2.37. The lowest BCUT2D eigenvalue weighted by Crippen LogP contribution is -2.40. The first-order chi connectivity index (χ1) is 17.6. The topological polar surface area (TPSA) is 79.2 Å². The van der Waals surface area contributed by atoms with Gasteiger partial charge in [0, 0.05) is 15.9 Å². The average molecular weight is 686 g/mol. The quantitative estimate of drug-likeness (QED) is 0.134. The van der Waals surface area contributed by atoms with Gasteiger partial charge in [-0.05, 0) is 54.0 Å². The van der Waals surface area contributed by atoms with E-state index >= 15 is 0 Å². The molecule has 0 atom stereocenters. The van der Waals surface area contributed by atoms with Crippen LogP contribution in [0.5, 0.6) is 0 Å². The first-order valence-corrected chi connectivity index (χ1v) is 18.6. The second-order valence-corrected chi connectivity index (χ2v) is 22.0. The molecule has 14 heteroatoms. The van der Waals surface area contributed by atoms with Crippen molar-refractivity contribution < 1.29 is 50.5 Å². The Balaban J connectivity index is -0.000000534. The van der Waals surface area contributed by atoms with E-state index < -0.39 is 53.1 Å². The summed E-state index contributed by atoms with van der Waals surface area (Å²) in [6, 6.07) is 0. The molecule has 0 aliphatic carbocycles. The normalized spacial score (nSPS) is 12.6. The van der Waals surface area contributed by atoms with E-state index in [2.05, 4.69) is 82.4 Å². The molecule has 0 fully saturated rings. The van der Waals surface area contributed by atoms with Crippen molar-refractivity contribution in [2.24, 2.45) is 0 Å². The second-order valence-electron chi connectivity index (χ2n) is 11.4. The summed E-state index contributed by atoms with van der Waals surface area (Å²) in [6.07, 6.45) is 0. The number of hydrogen-bond acceptors (Lipinski definition) is 5. The molecular formula is C26H43BrF6O5Si2. The molecule has 234 valence electrons. The fraction of sp³-hybridized carbons (Fsp3) is 0.769. The van der Waals surface area contributed by atoms with Gasteiger partial charge >= 0.3 is 16.7 Å². The van der Waals surface area contributed by atoms with Crippen molar-refractivity contribution in [3.05, 3.63) is 0 Å². The van der Waals surface area contributed by atoms with Crippen LogP contribution < -0.4 is 0 Å². The van der Waals surface area contributed by atoms with Crippen molar-refractivity contribution in [3.63, 3.8) is 0 Å². The highest BCUT2D eigenvalue weighted by molar-refractivity contribution is 9.10. The lowest BCUT2D eigenvalue weighted by molar-refractivity contribution is 0.00393. The molecule has 0 amide bonds. The fourth-order valence-electron chi connectivity index (χ4n) is 1.42. The number of aliphatic hydroxyl groups is 3. The summed E-state index contributed by atoms with van der Waals surface area (Å²) in [4.78, 5) is -3.11. The first kappa shape index (κ1) is 43.4. The molecule has 0 bridgehead atoms. The van der Waals surface area contributed by atoms with Crippen molar-refractivity contribution in [2.75, 3.05) is 33.0 Å². The largest absolute Gasteiger partial charge is 0.406 e. The van der Waals surface area contributed by atoms with Crippen LogP contribution in [0, 0.1) is 35.5 Å². The summed E-state index contributed by atoms with van der Waals surface area (Å²) in [5.41, 5.74) is 0. The fourth-order valence-corrected chi connectivity index (χ4v) is 3.29. The Kier molecular flexibility index (Phi) is 19.3. The lowest BCUT2D eigenvalue weighted by Gasteiger charge is -2.35. The Morgan fingerprint density at radius 1 is 0.600 bits per heavy atom. The van der Waals surface area contributed by atoms with Crippen LogP contribution in [0.3, 0.4) is 0 Å². The molecular weight excluding hydrogens is 642 g/mol. The standard InChI is InChI=1S/C11H20F2O2Si.C10H17BrF2OSi.C5H6F2O2/c1-10(2,3)16(4,5)15-8-6-7-11(12,13)9-14;1-9(2,3)15(4,5)14-8-6-7-10(11,12)13;6-5(7,4-9)2-1-3-8/h14H,8-9H2,1-5H3;8H2,1-5H3;8-9H,3-4H2. The van der Waals surface area contributed by atoms with Gasteiger partial charge in [-0.2, -0.15) is 26.3 Å². The Morgan fingerprint density at radius 2 is 0.900 bits per heavy atom. The molecule has 5 nitrogen and oxygen atoms in total. The molecule has 0 saturated carbocycles. The van der Waals surface area contributed by atoms with E-state index in [0.29, 0.717) is 0 Å². The Bertz CT molecular complexity index is 924. The van der Waals surface area contributed by atoms with Crippen LogP contribution in [0.25, 0.3) is 0 Å². The molecule has 0 aliphatic heterocycles. The van der Waals surface area contributed by atoms with Gasteiger partial charge in [0.2, 0.25) is 0 Å². The van der Waals surface area contributed by atoms with Crippen LogP contribution in [0.4, 0.5) is 26.3 Å². The highest BCUT2D eigenvalue weighted by Crippen LogP contribution is 2.37. The maximum absolute atomic E-state index is 12.5. The van der Waals surface area contributed by atoms with E-state index in [4.69, 9.17) is 24.2 Å². The van der Waals surface area contributed by atoms with Gasteiger partial charge in [0.25, 0.3) is 0 Å². The zero-order chi connectivity index (χ0) is 32.7. The van der Waals surface area contributed by atoms with Crippen LogP contribution in [0.2, 0.25) is 36.3 Å². The molecule has 0 rings (SSSR count). The minimum Gasteiger partial charge on any atom is -0.406 e. The van der Waals surface area contributed by atoms with E-state index in [1.165, 1.54) is 5.92 Å². The number of rotatable bonds is 6. The summed E-state index contributed by atoms with van der Waals surface area (Å²) in [7, 11) is -3.79. The number of aliphatic hydroxyl groups excluding tert-OH is 3. The van der Waals surface area contributed by atoms with Crippen molar-refractivity contribution in [3.8, 4) is 35.5 Å². The van der Waals surface area contributed by atoms with E-state index in [-0.39, 0.29) is 23.3 Å². The monoisotopic (exact) mass is 684 g/mol. The Hall–Kier alpha value is -1.03. The molecule has 0 aromatic heterocycles.